The van der Waals surface area contributed by atoms with Crippen LogP contribution in [0.1, 0.15) is 10.4 Å². The third kappa shape index (κ3) is 5.73. The monoisotopic (exact) mass is 410 g/mol. The van der Waals surface area contributed by atoms with Gasteiger partial charge in [-0.25, -0.2) is 4.79 Å². The van der Waals surface area contributed by atoms with Crippen LogP contribution in [0.3, 0.4) is 0 Å². The molecule has 154 valence electrons. The Bertz CT molecular complexity index is 1110. The van der Waals surface area contributed by atoms with Gasteiger partial charge in [0.05, 0.1) is 5.56 Å². The third-order valence-electron chi connectivity index (χ3n) is 4.61. The van der Waals surface area contributed by atoms with Crippen LogP contribution in [0.5, 0.6) is 17.2 Å². The minimum absolute atomic E-state index is 0.369. The van der Waals surface area contributed by atoms with Crippen molar-refractivity contribution in [3.63, 3.8) is 0 Å². The largest absolute Gasteiger partial charge is 0.490 e. The normalized spacial score (nSPS) is 10.3. The molecular weight excluding hydrogens is 388 g/mol. The zero-order valence-corrected chi connectivity index (χ0v) is 16.9. The fourth-order valence-electron chi connectivity index (χ4n) is 3.06. The maximum atomic E-state index is 12.5. The van der Waals surface area contributed by atoms with Gasteiger partial charge in [-0.2, -0.15) is 0 Å². The quantitative estimate of drug-likeness (QED) is 0.202. The molecule has 0 fully saturated rings. The molecule has 0 saturated carbocycles. The van der Waals surface area contributed by atoms with Crippen molar-refractivity contribution in [2.24, 2.45) is 0 Å². The van der Waals surface area contributed by atoms with Crippen LogP contribution >= 0.6 is 0 Å². The summed E-state index contributed by atoms with van der Waals surface area (Å²) in [5, 5.41) is 0. The number of ether oxygens (including phenoxy) is 3. The van der Waals surface area contributed by atoms with E-state index in [2.05, 4.69) is 0 Å². The summed E-state index contributed by atoms with van der Waals surface area (Å²) in [4.78, 5) is 12.5. The highest BCUT2D eigenvalue weighted by Crippen LogP contribution is 2.23. The molecule has 0 saturated heterocycles. The molecule has 0 heterocycles. The molecule has 4 rings (SSSR count). The molecule has 4 aromatic carbocycles. The molecule has 0 amide bonds. The summed E-state index contributed by atoms with van der Waals surface area (Å²) < 4.78 is 16.8. The Balaban J connectivity index is 1.31. The summed E-state index contributed by atoms with van der Waals surface area (Å²) in [7, 11) is 0. The number of benzene rings is 4. The fourth-order valence-corrected chi connectivity index (χ4v) is 3.06. The van der Waals surface area contributed by atoms with Crippen molar-refractivity contribution in [2.75, 3.05) is 13.2 Å². The van der Waals surface area contributed by atoms with Gasteiger partial charge in [0.15, 0.2) is 0 Å². The molecule has 31 heavy (non-hydrogen) atoms. The predicted octanol–water partition coefficient (Wildman–Crippen LogP) is 6.03. The van der Waals surface area contributed by atoms with E-state index in [9.17, 15) is 4.79 Å². The number of esters is 1. The van der Waals surface area contributed by atoms with E-state index in [0.717, 1.165) is 16.9 Å². The second kappa shape index (κ2) is 10.1. The van der Waals surface area contributed by atoms with Crippen LogP contribution in [-0.2, 0) is 0 Å². The number of carbonyl (C=O) groups excluding carboxylic acids is 1. The van der Waals surface area contributed by atoms with E-state index in [1.807, 2.05) is 72.8 Å². The summed E-state index contributed by atoms with van der Waals surface area (Å²) in [6, 6.07) is 34.0. The first-order valence-electron chi connectivity index (χ1n) is 10.1. The molecule has 0 aliphatic rings. The van der Waals surface area contributed by atoms with Crippen molar-refractivity contribution in [2.45, 2.75) is 0 Å². The molecule has 0 atom stereocenters. The SMILES string of the molecule is O=C(Oc1ccc(-c2ccccc2)cc1)c1cccc(OCCOc2ccccc2)c1. The van der Waals surface area contributed by atoms with Crippen LogP contribution in [0, 0.1) is 0 Å². The van der Waals surface area contributed by atoms with Gasteiger partial charge < -0.3 is 14.2 Å². The predicted molar refractivity (Wildman–Crippen MR) is 121 cm³/mol. The standard InChI is InChI=1S/C27H22O4/c28-27(31-25-16-14-22(15-17-25)21-8-3-1-4-9-21)23-10-7-13-26(20-23)30-19-18-29-24-11-5-2-6-12-24/h1-17,20H,18-19H2. The zero-order valence-electron chi connectivity index (χ0n) is 16.9. The van der Waals surface area contributed by atoms with E-state index in [1.54, 1.807) is 36.4 Å². The van der Waals surface area contributed by atoms with Gasteiger partial charge in [-0.1, -0.05) is 66.7 Å². The molecule has 0 aliphatic heterocycles. The molecule has 4 nitrogen and oxygen atoms in total. The van der Waals surface area contributed by atoms with Crippen molar-refractivity contribution in [3.8, 4) is 28.4 Å². The Labute approximate surface area is 181 Å². The van der Waals surface area contributed by atoms with Gasteiger partial charge in [0.2, 0.25) is 0 Å². The van der Waals surface area contributed by atoms with E-state index in [0.29, 0.717) is 30.3 Å². The molecule has 0 radical (unpaired) electrons. The van der Waals surface area contributed by atoms with Crippen LogP contribution in [0.25, 0.3) is 11.1 Å². The molecule has 0 spiro atoms. The first-order chi connectivity index (χ1) is 15.3. The fraction of sp³-hybridized carbons (Fsp3) is 0.0741. The Morgan fingerprint density at radius 1 is 0.548 bits per heavy atom. The molecule has 4 heteroatoms. The highest BCUT2D eigenvalue weighted by atomic mass is 16.5. The van der Waals surface area contributed by atoms with Gasteiger partial charge in [0.25, 0.3) is 0 Å². The first kappa shape index (κ1) is 20.2. The lowest BCUT2D eigenvalue weighted by atomic mass is 10.1. The lowest BCUT2D eigenvalue weighted by Gasteiger charge is -2.10. The van der Waals surface area contributed by atoms with Crippen LogP contribution < -0.4 is 14.2 Å². The van der Waals surface area contributed by atoms with Crippen molar-refractivity contribution in [3.05, 3.63) is 115 Å². The van der Waals surface area contributed by atoms with E-state index in [1.165, 1.54) is 0 Å². The minimum atomic E-state index is -0.432. The second-order valence-electron chi connectivity index (χ2n) is 6.82. The topological polar surface area (TPSA) is 44.8 Å². The third-order valence-corrected chi connectivity index (χ3v) is 4.61. The summed E-state index contributed by atoms with van der Waals surface area (Å²) in [6.45, 7) is 0.779. The van der Waals surface area contributed by atoms with Crippen LogP contribution in [0.15, 0.2) is 109 Å². The van der Waals surface area contributed by atoms with Crippen molar-refractivity contribution < 1.29 is 19.0 Å². The molecule has 0 bridgehead atoms. The molecule has 4 aromatic rings. The van der Waals surface area contributed by atoms with Crippen molar-refractivity contribution >= 4 is 5.97 Å². The Morgan fingerprint density at radius 2 is 1.13 bits per heavy atom. The van der Waals surface area contributed by atoms with Crippen molar-refractivity contribution in [1.82, 2.24) is 0 Å². The average molecular weight is 410 g/mol. The number of carbonyl (C=O) groups is 1. The van der Waals surface area contributed by atoms with Crippen molar-refractivity contribution in [1.29, 1.82) is 0 Å². The maximum Gasteiger partial charge on any atom is 0.343 e. The van der Waals surface area contributed by atoms with Crippen LogP contribution in [0.2, 0.25) is 0 Å². The summed E-state index contributed by atoms with van der Waals surface area (Å²) in [6.07, 6.45) is 0. The number of para-hydroxylation sites is 1. The van der Waals surface area contributed by atoms with Gasteiger partial charge in [-0.15, -0.1) is 0 Å². The second-order valence-corrected chi connectivity index (χ2v) is 6.82. The Kier molecular flexibility index (Phi) is 6.61. The lowest BCUT2D eigenvalue weighted by molar-refractivity contribution is 0.0734. The van der Waals surface area contributed by atoms with Gasteiger partial charge in [0, 0.05) is 0 Å². The molecule has 0 aliphatic carbocycles. The molecule has 0 N–H and O–H groups in total. The van der Waals surface area contributed by atoms with Gasteiger partial charge in [-0.05, 0) is 53.6 Å². The summed E-state index contributed by atoms with van der Waals surface area (Å²) in [5.41, 5.74) is 2.60. The van der Waals surface area contributed by atoms with E-state index in [4.69, 9.17) is 14.2 Å². The van der Waals surface area contributed by atoms with Gasteiger partial charge in [-0.3, -0.25) is 0 Å². The number of hydrogen-bond acceptors (Lipinski definition) is 4. The van der Waals surface area contributed by atoms with E-state index >= 15 is 0 Å². The molecule has 0 aromatic heterocycles. The first-order valence-corrected chi connectivity index (χ1v) is 10.1. The Hall–Kier alpha value is -4.05. The summed E-state index contributed by atoms with van der Waals surface area (Å²) >= 11 is 0. The lowest BCUT2D eigenvalue weighted by Crippen LogP contribution is -2.11. The molecular formula is C27H22O4. The smallest absolute Gasteiger partial charge is 0.343 e. The van der Waals surface area contributed by atoms with Crippen LogP contribution in [-0.4, -0.2) is 19.2 Å². The van der Waals surface area contributed by atoms with Crippen LogP contribution in [0.4, 0.5) is 0 Å². The maximum absolute atomic E-state index is 12.5. The minimum Gasteiger partial charge on any atom is -0.490 e. The van der Waals surface area contributed by atoms with E-state index < -0.39 is 5.97 Å². The number of hydrogen-bond donors (Lipinski definition) is 0. The highest BCUT2D eigenvalue weighted by molar-refractivity contribution is 5.91. The van der Waals surface area contributed by atoms with E-state index in [-0.39, 0.29) is 0 Å². The average Bonchev–Trinajstić information content (AvgIpc) is 2.84. The molecule has 0 unspecified atom stereocenters. The Morgan fingerprint density at radius 3 is 1.84 bits per heavy atom. The summed E-state index contributed by atoms with van der Waals surface area (Å²) in [5.74, 6) is 1.44. The highest BCUT2D eigenvalue weighted by Gasteiger charge is 2.10. The van der Waals surface area contributed by atoms with Gasteiger partial charge >= 0.3 is 5.97 Å². The number of rotatable bonds is 8. The van der Waals surface area contributed by atoms with Gasteiger partial charge in [0.1, 0.15) is 30.5 Å². The zero-order chi connectivity index (χ0) is 21.3.